The number of hydrogen-bond donors (Lipinski definition) is 2. The highest BCUT2D eigenvalue weighted by molar-refractivity contribution is 5.38. The van der Waals surface area contributed by atoms with Gasteiger partial charge in [0.1, 0.15) is 11.6 Å². The average molecular weight is 248 g/mol. The summed E-state index contributed by atoms with van der Waals surface area (Å²) >= 11 is 0. The van der Waals surface area contributed by atoms with Crippen molar-refractivity contribution in [3.63, 3.8) is 0 Å². The maximum atomic E-state index is 11.7. The van der Waals surface area contributed by atoms with E-state index < -0.39 is 0 Å². The molecule has 0 unspecified atom stereocenters. The number of aromatic amines is 1. The lowest BCUT2D eigenvalue weighted by Crippen LogP contribution is -2.37. The Morgan fingerprint density at radius 3 is 2.67 bits per heavy atom. The molecule has 0 bridgehead atoms. The molecular formula is C13H20N4O. The predicted molar refractivity (Wildman–Crippen MR) is 70.8 cm³/mol. The van der Waals surface area contributed by atoms with Crippen molar-refractivity contribution in [1.29, 1.82) is 0 Å². The van der Waals surface area contributed by atoms with Crippen LogP contribution in [0.15, 0.2) is 10.9 Å². The smallest absolute Gasteiger partial charge is 0.252 e. The number of anilines is 1. The molecule has 1 aliphatic carbocycles. The van der Waals surface area contributed by atoms with Crippen LogP contribution in [0, 0.1) is 5.92 Å². The van der Waals surface area contributed by atoms with Crippen molar-refractivity contribution in [3.05, 3.63) is 22.2 Å². The van der Waals surface area contributed by atoms with Crippen LogP contribution in [-0.2, 0) is 0 Å². The van der Waals surface area contributed by atoms with Gasteiger partial charge >= 0.3 is 0 Å². The van der Waals surface area contributed by atoms with Gasteiger partial charge in [0.05, 0.1) is 0 Å². The van der Waals surface area contributed by atoms with Gasteiger partial charge < -0.3 is 15.6 Å². The van der Waals surface area contributed by atoms with Crippen LogP contribution in [-0.4, -0.2) is 29.6 Å². The van der Waals surface area contributed by atoms with E-state index in [1.165, 1.54) is 0 Å². The highest BCUT2D eigenvalue weighted by atomic mass is 16.1. The van der Waals surface area contributed by atoms with Crippen LogP contribution in [0.1, 0.15) is 37.4 Å². The van der Waals surface area contributed by atoms with Gasteiger partial charge in [-0.25, -0.2) is 4.98 Å². The van der Waals surface area contributed by atoms with Crippen LogP contribution in [0.25, 0.3) is 0 Å². The topological polar surface area (TPSA) is 75.0 Å². The predicted octanol–water partition coefficient (Wildman–Crippen LogP) is 0.822. The molecule has 1 aromatic rings. The van der Waals surface area contributed by atoms with Crippen molar-refractivity contribution in [2.24, 2.45) is 11.7 Å². The minimum absolute atomic E-state index is 0.0251. The Hall–Kier alpha value is -1.36. The Labute approximate surface area is 106 Å². The van der Waals surface area contributed by atoms with E-state index in [4.69, 9.17) is 5.73 Å². The Balaban J connectivity index is 1.77. The summed E-state index contributed by atoms with van der Waals surface area (Å²) in [5, 5.41) is 0. The third-order valence-corrected chi connectivity index (χ3v) is 3.98. The number of piperidine rings is 1. The molecule has 18 heavy (non-hydrogen) atoms. The summed E-state index contributed by atoms with van der Waals surface area (Å²) in [5.74, 6) is 2.83. The molecule has 3 N–H and O–H groups in total. The summed E-state index contributed by atoms with van der Waals surface area (Å²) in [6.07, 6.45) is 4.51. The zero-order chi connectivity index (χ0) is 12.5. The first-order valence-corrected chi connectivity index (χ1v) is 6.82. The Kier molecular flexibility index (Phi) is 3.07. The first kappa shape index (κ1) is 11.7. The van der Waals surface area contributed by atoms with E-state index in [9.17, 15) is 4.79 Å². The molecule has 5 heteroatoms. The van der Waals surface area contributed by atoms with Crippen LogP contribution in [0.3, 0.4) is 0 Å². The molecule has 1 saturated heterocycles. The van der Waals surface area contributed by atoms with Crippen molar-refractivity contribution in [2.45, 2.75) is 31.6 Å². The molecule has 2 heterocycles. The van der Waals surface area contributed by atoms with Gasteiger partial charge in [0.2, 0.25) is 0 Å². The lowest BCUT2D eigenvalue weighted by Gasteiger charge is -2.32. The van der Waals surface area contributed by atoms with Crippen molar-refractivity contribution in [3.8, 4) is 0 Å². The molecule has 0 atom stereocenters. The second-order valence-corrected chi connectivity index (χ2v) is 5.43. The molecule has 98 valence electrons. The molecule has 0 radical (unpaired) electrons. The first-order valence-electron chi connectivity index (χ1n) is 6.82. The standard InChI is InChI=1S/C13H20N4O/c14-8-9-3-5-17(6-4-9)11-7-12(18)16-13(15-11)10-1-2-10/h7,9-10H,1-6,8,14H2,(H,15,16,18). The molecule has 2 fully saturated rings. The minimum Gasteiger partial charge on any atom is -0.356 e. The van der Waals surface area contributed by atoms with Crippen LogP contribution in [0.2, 0.25) is 0 Å². The van der Waals surface area contributed by atoms with E-state index in [-0.39, 0.29) is 5.56 Å². The molecule has 1 aromatic heterocycles. The maximum Gasteiger partial charge on any atom is 0.252 e. The van der Waals surface area contributed by atoms with E-state index in [1.54, 1.807) is 6.07 Å². The third kappa shape index (κ3) is 2.41. The third-order valence-electron chi connectivity index (χ3n) is 3.98. The molecule has 0 spiro atoms. The maximum absolute atomic E-state index is 11.7. The van der Waals surface area contributed by atoms with Crippen LogP contribution < -0.4 is 16.2 Å². The molecular weight excluding hydrogens is 228 g/mol. The minimum atomic E-state index is -0.0251. The first-order chi connectivity index (χ1) is 8.76. The fourth-order valence-electron chi connectivity index (χ4n) is 2.57. The van der Waals surface area contributed by atoms with Crippen molar-refractivity contribution >= 4 is 5.82 Å². The van der Waals surface area contributed by atoms with Gasteiger partial charge in [-0.05, 0) is 38.1 Å². The second-order valence-electron chi connectivity index (χ2n) is 5.43. The summed E-state index contributed by atoms with van der Waals surface area (Å²) in [7, 11) is 0. The lowest BCUT2D eigenvalue weighted by molar-refractivity contribution is 0.412. The van der Waals surface area contributed by atoms with E-state index >= 15 is 0 Å². The number of aromatic nitrogens is 2. The molecule has 3 rings (SSSR count). The second kappa shape index (κ2) is 4.72. The number of H-pyrrole nitrogens is 1. The number of nitrogens with zero attached hydrogens (tertiary/aromatic N) is 2. The van der Waals surface area contributed by atoms with E-state index in [1.807, 2.05) is 0 Å². The van der Waals surface area contributed by atoms with Crippen molar-refractivity contribution in [2.75, 3.05) is 24.5 Å². The van der Waals surface area contributed by atoms with E-state index in [2.05, 4.69) is 14.9 Å². The lowest BCUT2D eigenvalue weighted by atomic mass is 9.97. The number of nitrogens with two attached hydrogens (primary N) is 1. The summed E-state index contributed by atoms with van der Waals surface area (Å²) in [5.41, 5.74) is 5.67. The van der Waals surface area contributed by atoms with Crippen LogP contribution in [0.4, 0.5) is 5.82 Å². The van der Waals surface area contributed by atoms with Gasteiger partial charge in [0.15, 0.2) is 0 Å². The van der Waals surface area contributed by atoms with Gasteiger partial charge in [0.25, 0.3) is 5.56 Å². The number of rotatable bonds is 3. The molecule has 5 nitrogen and oxygen atoms in total. The fourth-order valence-corrected chi connectivity index (χ4v) is 2.57. The highest BCUT2D eigenvalue weighted by Crippen LogP contribution is 2.38. The van der Waals surface area contributed by atoms with Crippen LogP contribution in [0.5, 0.6) is 0 Å². The van der Waals surface area contributed by atoms with Gasteiger partial charge in [-0.1, -0.05) is 0 Å². The van der Waals surface area contributed by atoms with Crippen LogP contribution >= 0.6 is 0 Å². The zero-order valence-electron chi connectivity index (χ0n) is 10.6. The monoisotopic (exact) mass is 248 g/mol. The van der Waals surface area contributed by atoms with E-state index in [0.29, 0.717) is 11.8 Å². The van der Waals surface area contributed by atoms with Crippen molar-refractivity contribution in [1.82, 2.24) is 9.97 Å². The average Bonchev–Trinajstić information content (AvgIpc) is 3.22. The molecule has 0 amide bonds. The zero-order valence-corrected chi connectivity index (χ0v) is 10.6. The van der Waals surface area contributed by atoms with Crippen molar-refractivity contribution < 1.29 is 0 Å². The molecule has 1 aliphatic heterocycles. The SMILES string of the molecule is NCC1CCN(c2cc(=O)[nH]c(C3CC3)n2)CC1. The number of hydrogen-bond acceptors (Lipinski definition) is 4. The quantitative estimate of drug-likeness (QED) is 0.830. The van der Waals surface area contributed by atoms with Gasteiger partial charge in [-0.2, -0.15) is 0 Å². The van der Waals surface area contributed by atoms with Gasteiger partial charge in [-0.15, -0.1) is 0 Å². The Morgan fingerprint density at radius 1 is 1.33 bits per heavy atom. The molecule has 2 aliphatic rings. The Bertz CT molecular complexity index is 472. The van der Waals surface area contributed by atoms with Gasteiger partial charge in [-0.3, -0.25) is 4.79 Å². The summed E-state index contributed by atoms with van der Waals surface area (Å²) in [6, 6.07) is 1.62. The fraction of sp³-hybridized carbons (Fsp3) is 0.692. The normalized spacial score (nSPS) is 21.3. The Morgan fingerprint density at radius 2 is 2.06 bits per heavy atom. The number of nitrogens with one attached hydrogen (secondary N) is 1. The summed E-state index contributed by atoms with van der Waals surface area (Å²) in [6.45, 7) is 2.69. The highest BCUT2D eigenvalue weighted by Gasteiger charge is 2.27. The summed E-state index contributed by atoms with van der Waals surface area (Å²) in [4.78, 5) is 21.3. The molecule has 1 saturated carbocycles. The largest absolute Gasteiger partial charge is 0.356 e. The molecule has 0 aromatic carbocycles. The van der Waals surface area contributed by atoms with Gasteiger partial charge in [0, 0.05) is 25.1 Å². The summed E-state index contributed by atoms with van der Waals surface area (Å²) < 4.78 is 0. The van der Waals surface area contributed by atoms with E-state index in [0.717, 1.165) is 57.0 Å².